The molecule has 2 aromatic rings. The van der Waals surface area contributed by atoms with Gasteiger partial charge in [-0.2, -0.15) is 0 Å². The van der Waals surface area contributed by atoms with Gasteiger partial charge in [0.05, 0.1) is 12.2 Å². The second-order valence-corrected chi connectivity index (χ2v) is 6.86. The van der Waals surface area contributed by atoms with Gasteiger partial charge in [0.15, 0.2) is 5.96 Å². The van der Waals surface area contributed by atoms with Gasteiger partial charge in [-0.3, -0.25) is 4.99 Å². The topological polar surface area (TPSA) is 49.3 Å². The summed E-state index contributed by atoms with van der Waals surface area (Å²) >= 11 is 5.20. The minimum atomic E-state index is 0. The maximum atomic E-state index is 4.51. The molecule has 2 rings (SSSR count). The van der Waals surface area contributed by atoms with Crippen molar-refractivity contribution in [3.8, 4) is 0 Å². The first kappa shape index (κ1) is 19.4. The molecule has 1 heterocycles. The highest BCUT2D eigenvalue weighted by Gasteiger charge is 2.04. The molecule has 0 aliphatic carbocycles. The molecule has 0 bridgehead atoms. The number of hydrogen-bond donors (Lipinski definition) is 2. The quantitative estimate of drug-likeness (QED) is 0.383. The number of rotatable bonds is 4. The Kier molecular flexibility index (Phi) is 8.34. The number of benzene rings is 1. The van der Waals surface area contributed by atoms with Crippen LogP contribution >= 0.6 is 51.2 Å². The number of halogens is 2. The Bertz CT molecular complexity index is 623. The van der Waals surface area contributed by atoms with Crippen LogP contribution in [0.25, 0.3) is 0 Å². The number of aromatic nitrogens is 1. The Balaban J connectivity index is 0.00000242. The second kappa shape index (κ2) is 9.46. The molecule has 0 aliphatic rings. The lowest BCUT2D eigenvalue weighted by Gasteiger charge is -2.11. The van der Waals surface area contributed by atoms with Gasteiger partial charge in [0.25, 0.3) is 0 Å². The monoisotopic (exact) mass is 494 g/mol. The van der Waals surface area contributed by atoms with Crippen LogP contribution < -0.4 is 10.6 Å². The molecule has 0 radical (unpaired) electrons. The van der Waals surface area contributed by atoms with Gasteiger partial charge in [0.1, 0.15) is 5.01 Å². The number of guanidine groups is 1. The summed E-state index contributed by atoms with van der Waals surface area (Å²) in [6, 6.07) is 8.22. The van der Waals surface area contributed by atoms with Gasteiger partial charge in [0, 0.05) is 22.9 Å². The number of thiazole rings is 1. The van der Waals surface area contributed by atoms with E-state index >= 15 is 0 Å². The minimum Gasteiger partial charge on any atom is -0.352 e. The van der Waals surface area contributed by atoms with Gasteiger partial charge >= 0.3 is 0 Å². The first-order valence-corrected chi connectivity index (χ1v) is 8.31. The highest BCUT2D eigenvalue weighted by Crippen LogP contribution is 2.16. The second-order valence-electron chi connectivity index (χ2n) is 4.66. The molecule has 4 nitrogen and oxygen atoms in total. The molecule has 0 atom stereocenters. The third kappa shape index (κ3) is 5.85. The third-order valence-electron chi connectivity index (χ3n) is 3.05. The Labute approximate surface area is 161 Å². The fraction of sp³-hybridized carbons (Fsp3) is 0.333. The molecule has 0 fully saturated rings. The van der Waals surface area contributed by atoms with Crippen molar-refractivity contribution < 1.29 is 0 Å². The average Bonchev–Trinajstić information content (AvgIpc) is 2.78. The zero-order chi connectivity index (χ0) is 15.2. The lowest BCUT2D eigenvalue weighted by atomic mass is 10.2. The number of nitrogens with one attached hydrogen (secondary N) is 2. The minimum absolute atomic E-state index is 0. The van der Waals surface area contributed by atoms with E-state index in [4.69, 9.17) is 0 Å². The molecule has 2 N–H and O–H groups in total. The summed E-state index contributed by atoms with van der Waals surface area (Å²) < 4.78 is 1.08. The van der Waals surface area contributed by atoms with E-state index in [1.807, 2.05) is 19.1 Å². The highest BCUT2D eigenvalue weighted by atomic mass is 127. The van der Waals surface area contributed by atoms with Crippen LogP contribution in [0.3, 0.4) is 0 Å². The zero-order valence-electron chi connectivity index (χ0n) is 12.8. The first-order valence-electron chi connectivity index (χ1n) is 6.70. The van der Waals surface area contributed by atoms with Crippen LogP contribution in [0.1, 0.15) is 21.1 Å². The molecule has 120 valence electrons. The number of hydrogen-bond acceptors (Lipinski definition) is 3. The van der Waals surface area contributed by atoms with Crippen LogP contribution in [0.5, 0.6) is 0 Å². The molecule has 0 spiro atoms. The maximum Gasteiger partial charge on any atom is 0.191 e. The Morgan fingerprint density at radius 1 is 1.27 bits per heavy atom. The van der Waals surface area contributed by atoms with Gasteiger partial charge in [-0.25, -0.2) is 4.98 Å². The predicted octanol–water partition coefficient (Wildman–Crippen LogP) is 4.01. The molecule has 22 heavy (non-hydrogen) atoms. The van der Waals surface area contributed by atoms with Gasteiger partial charge in [-0.05, 0) is 31.5 Å². The third-order valence-corrected chi connectivity index (χ3v) is 4.62. The van der Waals surface area contributed by atoms with Crippen LogP contribution in [-0.4, -0.2) is 18.0 Å². The van der Waals surface area contributed by atoms with Crippen molar-refractivity contribution in [2.45, 2.75) is 26.9 Å². The standard InChI is InChI=1S/C15H19BrN4S.HI/c1-10-11(2)21-14(20-10)9-19-15(17-3)18-8-12-5-4-6-13(16)7-12;/h4-7H,8-9H2,1-3H3,(H2,17,18,19);1H. The van der Waals surface area contributed by atoms with Crippen molar-refractivity contribution in [3.05, 3.63) is 49.9 Å². The van der Waals surface area contributed by atoms with Crippen LogP contribution in [0.2, 0.25) is 0 Å². The van der Waals surface area contributed by atoms with E-state index in [9.17, 15) is 0 Å². The lowest BCUT2D eigenvalue weighted by Crippen LogP contribution is -2.36. The summed E-state index contributed by atoms with van der Waals surface area (Å²) in [5.41, 5.74) is 2.31. The Hall–Kier alpha value is -0.670. The van der Waals surface area contributed by atoms with E-state index in [1.54, 1.807) is 18.4 Å². The molecular weight excluding hydrogens is 475 g/mol. The Morgan fingerprint density at radius 2 is 2.00 bits per heavy atom. The Morgan fingerprint density at radius 3 is 2.59 bits per heavy atom. The van der Waals surface area contributed by atoms with E-state index in [0.717, 1.165) is 27.7 Å². The van der Waals surface area contributed by atoms with E-state index in [-0.39, 0.29) is 24.0 Å². The van der Waals surface area contributed by atoms with Gasteiger partial charge in [-0.15, -0.1) is 35.3 Å². The first-order chi connectivity index (χ1) is 10.1. The number of nitrogens with zero attached hydrogens (tertiary/aromatic N) is 2. The van der Waals surface area contributed by atoms with Crippen LogP contribution in [0.15, 0.2) is 33.7 Å². The molecular formula is C15H20BrIN4S. The smallest absolute Gasteiger partial charge is 0.191 e. The fourth-order valence-electron chi connectivity index (χ4n) is 1.83. The number of aliphatic imine (C=N–C) groups is 1. The van der Waals surface area contributed by atoms with E-state index < -0.39 is 0 Å². The van der Waals surface area contributed by atoms with Crippen molar-refractivity contribution in [2.24, 2.45) is 4.99 Å². The fourth-order valence-corrected chi connectivity index (χ4v) is 3.15. The normalized spacial score (nSPS) is 11.0. The van der Waals surface area contributed by atoms with Gasteiger partial charge in [-0.1, -0.05) is 28.1 Å². The van der Waals surface area contributed by atoms with Gasteiger partial charge < -0.3 is 10.6 Å². The maximum absolute atomic E-state index is 4.51. The summed E-state index contributed by atoms with van der Waals surface area (Å²) in [5, 5.41) is 7.66. The summed E-state index contributed by atoms with van der Waals surface area (Å²) in [7, 11) is 1.77. The summed E-state index contributed by atoms with van der Waals surface area (Å²) in [5.74, 6) is 0.778. The average molecular weight is 495 g/mol. The molecule has 0 amide bonds. The predicted molar refractivity (Wildman–Crippen MR) is 108 cm³/mol. The lowest BCUT2D eigenvalue weighted by molar-refractivity contribution is 0.803. The van der Waals surface area contributed by atoms with E-state index in [2.05, 4.69) is 55.6 Å². The SMILES string of the molecule is CN=C(NCc1cccc(Br)c1)NCc1nc(C)c(C)s1.I. The van der Waals surface area contributed by atoms with Crippen LogP contribution in [0, 0.1) is 13.8 Å². The van der Waals surface area contributed by atoms with Crippen molar-refractivity contribution in [1.29, 1.82) is 0 Å². The number of aryl methyl sites for hydroxylation is 2. The molecule has 0 saturated heterocycles. The highest BCUT2D eigenvalue weighted by molar-refractivity contribution is 14.0. The molecule has 7 heteroatoms. The van der Waals surface area contributed by atoms with Gasteiger partial charge in [0.2, 0.25) is 0 Å². The molecule has 0 unspecified atom stereocenters. The molecule has 0 saturated carbocycles. The van der Waals surface area contributed by atoms with Crippen molar-refractivity contribution in [2.75, 3.05) is 7.05 Å². The largest absolute Gasteiger partial charge is 0.352 e. The summed E-state index contributed by atoms with van der Waals surface area (Å²) in [6.07, 6.45) is 0. The molecule has 1 aromatic heterocycles. The van der Waals surface area contributed by atoms with Crippen molar-refractivity contribution >= 4 is 57.2 Å². The molecule has 1 aromatic carbocycles. The summed E-state index contributed by atoms with van der Waals surface area (Å²) in [6.45, 7) is 5.55. The van der Waals surface area contributed by atoms with Crippen molar-refractivity contribution in [1.82, 2.24) is 15.6 Å². The van der Waals surface area contributed by atoms with E-state index in [1.165, 1.54) is 10.4 Å². The molecule has 0 aliphatic heterocycles. The van der Waals surface area contributed by atoms with Crippen LogP contribution in [-0.2, 0) is 13.1 Å². The summed E-state index contributed by atoms with van der Waals surface area (Å²) in [4.78, 5) is 10.0. The van der Waals surface area contributed by atoms with E-state index in [0.29, 0.717) is 6.54 Å². The van der Waals surface area contributed by atoms with Crippen molar-refractivity contribution in [3.63, 3.8) is 0 Å². The van der Waals surface area contributed by atoms with Crippen LogP contribution in [0.4, 0.5) is 0 Å². The zero-order valence-corrected chi connectivity index (χ0v) is 17.5.